The van der Waals surface area contributed by atoms with Gasteiger partial charge in [-0.2, -0.15) is 0 Å². The van der Waals surface area contributed by atoms with E-state index in [9.17, 15) is 4.79 Å². The highest BCUT2D eigenvalue weighted by molar-refractivity contribution is 5.94. The second-order valence-corrected chi connectivity index (χ2v) is 2.45. The van der Waals surface area contributed by atoms with E-state index in [2.05, 4.69) is 4.99 Å². The van der Waals surface area contributed by atoms with Crippen LogP contribution in [0.3, 0.4) is 0 Å². The smallest absolute Gasteiger partial charge is 0.249 e. The van der Waals surface area contributed by atoms with Crippen LogP contribution in [0.4, 0.5) is 0 Å². The molecule has 3 nitrogen and oxygen atoms in total. The maximum Gasteiger partial charge on any atom is 0.249 e. The first-order valence-electron chi connectivity index (χ1n) is 3.44. The summed E-state index contributed by atoms with van der Waals surface area (Å²) in [6.45, 7) is 5.47. The van der Waals surface area contributed by atoms with E-state index in [1.165, 1.54) is 0 Å². The second-order valence-electron chi connectivity index (χ2n) is 2.45. The fraction of sp³-hybridized carbons (Fsp3) is 0.714. The standard InChI is InChI=1S/C7H14N2O/c1-4-6(8)9-7(10)5(2)3/h5H,4H2,1-3H3,(H2,8,9,10). The molecule has 0 heterocycles. The molecule has 0 aromatic rings. The molecule has 0 aliphatic rings. The molecule has 0 aliphatic heterocycles. The summed E-state index contributed by atoms with van der Waals surface area (Å²) in [6.07, 6.45) is 0.637. The van der Waals surface area contributed by atoms with Crippen molar-refractivity contribution in [1.29, 1.82) is 0 Å². The van der Waals surface area contributed by atoms with Crippen LogP contribution in [0.15, 0.2) is 4.99 Å². The zero-order valence-corrected chi connectivity index (χ0v) is 6.72. The first kappa shape index (κ1) is 9.14. The summed E-state index contributed by atoms with van der Waals surface area (Å²) in [5.41, 5.74) is 5.34. The van der Waals surface area contributed by atoms with Crippen LogP contribution >= 0.6 is 0 Å². The van der Waals surface area contributed by atoms with E-state index in [1.54, 1.807) is 13.8 Å². The molecule has 0 aromatic heterocycles. The molecule has 0 rings (SSSR count). The summed E-state index contributed by atoms with van der Waals surface area (Å²) in [6, 6.07) is 0. The zero-order chi connectivity index (χ0) is 8.15. The third kappa shape index (κ3) is 3.22. The Labute approximate surface area is 61.3 Å². The number of hydrogen-bond donors (Lipinski definition) is 1. The van der Waals surface area contributed by atoms with Crippen molar-refractivity contribution in [2.75, 3.05) is 0 Å². The van der Waals surface area contributed by atoms with Gasteiger partial charge in [0.05, 0.1) is 0 Å². The molecule has 0 radical (unpaired) electrons. The van der Waals surface area contributed by atoms with Gasteiger partial charge in [-0.15, -0.1) is 0 Å². The Morgan fingerprint density at radius 1 is 1.60 bits per heavy atom. The lowest BCUT2D eigenvalue weighted by molar-refractivity contribution is -0.120. The number of amides is 1. The quantitative estimate of drug-likeness (QED) is 0.460. The van der Waals surface area contributed by atoms with Crippen LogP contribution in [-0.2, 0) is 4.79 Å². The number of rotatable bonds is 2. The molecule has 10 heavy (non-hydrogen) atoms. The maximum atomic E-state index is 10.8. The third-order valence-electron chi connectivity index (χ3n) is 1.11. The summed E-state index contributed by atoms with van der Waals surface area (Å²) in [7, 11) is 0. The monoisotopic (exact) mass is 142 g/mol. The average molecular weight is 142 g/mol. The maximum absolute atomic E-state index is 10.8. The molecule has 0 spiro atoms. The summed E-state index contributed by atoms with van der Waals surface area (Å²) >= 11 is 0. The highest BCUT2D eigenvalue weighted by Crippen LogP contribution is 1.95. The van der Waals surface area contributed by atoms with Crippen molar-refractivity contribution in [2.24, 2.45) is 16.6 Å². The van der Waals surface area contributed by atoms with E-state index in [1.807, 2.05) is 6.92 Å². The Bertz CT molecular complexity index is 150. The largest absolute Gasteiger partial charge is 0.387 e. The molecule has 0 atom stereocenters. The summed E-state index contributed by atoms with van der Waals surface area (Å²) in [4.78, 5) is 14.5. The molecule has 2 N–H and O–H groups in total. The topological polar surface area (TPSA) is 55.4 Å². The SMILES string of the molecule is CCC(N)=NC(=O)C(C)C. The minimum Gasteiger partial charge on any atom is -0.387 e. The van der Waals surface area contributed by atoms with Gasteiger partial charge in [0.25, 0.3) is 0 Å². The number of carbonyl (C=O) groups is 1. The first-order valence-corrected chi connectivity index (χ1v) is 3.44. The number of nitrogens with two attached hydrogens (primary N) is 1. The van der Waals surface area contributed by atoms with Crippen molar-refractivity contribution in [3.63, 3.8) is 0 Å². The van der Waals surface area contributed by atoms with E-state index >= 15 is 0 Å². The minimum atomic E-state index is -0.139. The van der Waals surface area contributed by atoms with Crippen molar-refractivity contribution in [1.82, 2.24) is 0 Å². The van der Waals surface area contributed by atoms with E-state index in [-0.39, 0.29) is 11.8 Å². The normalized spacial score (nSPS) is 12.2. The third-order valence-corrected chi connectivity index (χ3v) is 1.11. The summed E-state index contributed by atoms with van der Waals surface area (Å²) in [5, 5.41) is 0. The Kier molecular flexibility index (Phi) is 3.69. The van der Waals surface area contributed by atoms with Crippen molar-refractivity contribution in [2.45, 2.75) is 27.2 Å². The number of amidine groups is 1. The Morgan fingerprint density at radius 2 is 2.10 bits per heavy atom. The molecule has 3 heteroatoms. The van der Waals surface area contributed by atoms with Gasteiger partial charge in [0.2, 0.25) is 5.91 Å². The first-order chi connectivity index (χ1) is 4.57. The van der Waals surface area contributed by atoms with Gasteiger partial charge in [0, 0.05) is 12.3 Å². The highest BCUT2D eigenvalue weighted by atomic mass is 16.1. The van der Waals surface area contributed by atoms with E-state index < -0.39 is 0 Å². The number of carbonyl (C=O) groups excluding carboxylic acids is 1. The molecule has 0 aliphatic carbocycles. The molecule has 0 aromatic carbocycles. The highest BCUT2D eigenvalue weighted by Gasteiger charge is 2.04. The molecule has 0 bridgehead atoms. The molecular weight excluding hydrogens is 128 g/mol. The van der Waals surface area contributed by atoms with Crippen molar-refractivity contribution in [3.8, 4) is 0 Å². The van der Waals surface area contributed by atoms with Crippen molar-refractivity contribution < 1.29 is 4.79 Å². The van der Waals surface area contributed by atoms with Gasteiger partial charge in [-0.05, 0) is 0 Å². The fourth-order valence-corrected chi connectivity index (χ4v) is 0.350. The lowest BCUT2D eigenvalue weighted by Gasteiger charge is -1.97. The molecule has 0 fully saturated rings. The molecule has 0 unspecified atom stereocenters. The molecule has 0 saturated heterocycles. The van der Waals surface area contributed by atoms with Gasteiger partial charge < -0.3 is 5.73 Å². The number of hydrogen-bond acceptors (Lipinski definition) is 1. The lowest BCUT2D eigenvalue weighted by atomic mass is 10.2. The average Bonchev–Trinajstić information content (AvgIpc) is 1.87. The summed E-state index contributed by atoms with van der Waals surface area (Å²) in [5.74, 6) is 0.225. The van der Waals surface area contributed by atoms with Crippen LogP contribution in [0.1, 0.15) is 27.2 Å². The van der Waals surface area contributed by atoms with Gasteiger partial charge in [0.1, 0.15) is 5.84 Å². The van der Waals surface area contributed by atoms with Gasteiger partial charge in [-0.1, -0.05) is 20.8 Å². The van der Waals surface area contributed by atoms with Crippen LogP contribution in [0.5, 0.6) is 0 Å². The van der Waals surface area contributed by atoms with Gasteiger partial charge in [-0.3, -0.25) is 4.79 Å². The van der Waals surface area contributed by atoms with Crippen molar-refractivity contribution >= 4 is 11.7 Å². The second kappa shape index (κ2) is 4.04. The Morgan fingerprint density at radius 3 is 2.40 bits per heavy atom. The van der Waals surface area contributed by atoms with Crippen LogP contribution in [-0.4, -0.2) is 11.7 Å². The Balaban J connectivity index is 4.00. The van der Waals surface area contributed by atoms with E-state index in [0.29, 0.717) is 12.3 Å². The van der Waals surface area contributed by atoms with Gasteiger partial charge >= 0.3 is 0 Å². The van der Waals surface area contributed by atoms with Crippen LogP contribution in [0.25, 0.3) is 0 Å². The number of nitrogens with zero attached hydrogens (tertiary/aromatic N) is 1. The molecule has 58 valence electrons. The molecular formula is C7H14N2O. The lowest BCUT2D eigenvalue weighted by Crippen LogP contribution is -2.15. The number of aliphatic imine (C=N–C) groups is 1. The van der Waals surface area contributed by atoms with E-state index in [4.69, 9.17) is 5.73 Å². The zero-order valence-electron chi connectivity index (χ0n) is 6.72. The van der Waals surface area contributed by atoms with Gasteiger partial charge in [-0.25, -0.2) is 4.99 Å². The molecule has 1 amide bonds. The van der Waals surface area contributed by atoms with Crippen molar-refractivity contribution in [3.05, 3.63) is 0 Å². The van der Waals surface area contributed by atoms with Crippen LogP contribution in [0, 0.1) is 5.92 Å². The molecule has 0 saturated carbocycles. The van der Waals surface area contributed by atoms with E-state index in [0.717, 1.165) is 0 Å². The fourth-order valence-electron chi connectivity index (χ4n) is 0.350. The van der Waals surface area contributed by atoms with Crippen LogP contribution < -0.4 is 5.73 Å². The van der Waals surface area contributed by atoms with Gasteiger partial charge in [0.15, 0.2) is 0 Å². The van der Waals surface area contributed by atoms with Crippen LogP contribution in [0.2, 0.25) is 0 Å². The Hall–Kier alpha value is -0.860. The predicted octanol–water partition coefficient (Wildman–Crippen LogP) is 0.936. The predicted molar refractivity (Wildman–Crippen MR) is 41.8 cm³/mol. The minimum absolute atomic E-state index is 0.0508. The summed E-state index contributed by atoms with van der Waals surface area (Å²) < 4.78 is 0.